The quantitative estimate of drug-likeness (QED) is 0.554. The summed E-state index contributed by atoms with van der Waals surface area (Å²) in [5, 5.41) is 1.99. The fourth-order valence-electron chi connectivity index (χ4n) is 2.58. The van der Waals surface area contributed by atoms with Crippen LogP contribution < -0.4 is 4.74 Å². The van der Waals surface area contributed by atoms with Crippen LogP contribution in [0.2, 0.25) is 0 Å². The van der Waals surface area contributed by atoms with E-state index in [2.05, 4.69) is 4.90 Å². The number of hydrogen-bond donors (Lipinski definition) is 0. The van der Waals surface area contributed by atoms with Gasteiger partial charge in [-0.25, -0.2) is 4.79 Å². The zero-order valence-electron chi connectivity index (χ0n) is 13.8. The van der Waals surface area contributed by atoms with Crippen molar-refractivity contribution in [1.29, 1.82) is 0 Å². The van der Waals surface area contributed by atoms with Gasteiger partial charge in [0.05, 0.1) is 13.2 Å². The van der Waals surface area contributed by atoms with Crippen LogP contribution in [-0.2, 0) is 9.47 Å². The van der Waals surface area contributed by atoms with Crippen molar-refractivity contribution in [3.05, 3.63) is 52.7 Å². The van der Waals surface area contributed by atoms with Crippen molar-refractivity contribution in [1.82, 2.24) is 4.90 Å². The van der Waals surface area contributed by atoms with Crippen molar-refractivity contribution >= 4 is 29.9 Å². The summed E-state index contributed by atoms with van der Waals surface area (Å²) in [7, 11) is 0. The highest BCUT2D eigenvalue weighted by atomic mass is 35.5. The number of thiophene rings is 1. The number of morpholine rings is 1. The van der Waals surface area contributed by atoms with E-state index in [9.17, 15) is 4.79 Å². The number of benzene rings is 1. The first-order chi connectivity index (χ1) is 11.8. The summed E-state index contributed by atoms with van der Waals surface area (Å²) in [5.74, 6) is 0.487. The lowest BCUT2D eigenvalue weighted by Gasteiger charge is -2.28. The Morgan fingerprint density at radius 1 is 1.16 bits per heavy atom. The third-order valence-electron chi connectivity index (χ3n) is 3.85. The lowest BCUT2D eigenvalue weighted by atomic mass is 10.2. The highest BCUT2D eigenvalue weighted by Gasteiger charge is 2.21. The first-order valence-corrected chi connectivity index (χ1v) is 8.96. The molecule has 1 fully saturated rings. The maximum Gasteiger partial charge on any atom is 0.514 e. The van der Waals surface area contributed by atoms with Gasteiger partial charge in [0, 0.05) is 30.9 Å². The van der Waals surface area contributed by atoms with Gasteiger partial charge >= 0.3 is 6.16 Å². The Kier molecular flexibility index (Phi) is 8.21. The van der Waals surface area contributed by atoms with Crippen LogP contribution >= 0.6 is 23.7 Å². The SMILES string of the molecule is Cl.O=C(Oc1ccccc1)OC(CCN1CCOCC1)c1cccs1. The van der Waals surface area contributed by atoms with Crippen molar-refractivity contribution in [2.24, 2.45) is 0 Å². The number of carbonyl (C=O) groups excluding carboxylic acids is 1. The van der Waals surface area contributed by atoms with Gasteiger partial charge in [0.15, 0.2) is 0 Å². The minimum Gasteiger partial charge on any atom is -0.425 e. The zero-order valence-corrected chi connectivity index (χ0v) is 15.5. The molecule has 1 aromatic heterocycles. The Balaban J connectivity index is 0.00000225. The van der Waals surface area contributed by atoms with E-state index in [0.717, 1.165) is 44.1 Å². The predicted octanol–water partition coefficient (Wildman–Crippen LogP) is 4.15. The minimum atomic E-state index is -0.665. The van der Waals surface area contributed by atoms with Crippen LogP contribution in [0.15, 0.2) is 47.8 Å². The molecule has 1 unspecified atom stereocenters. The first-order valence-electron chi connectivity index (χ1n) is 8.08. The van der Waals surface area contributed by atoms with Gasteiger partial charge in [0.1, 0.15) is 11.9 Å². The fourth-order valence-corrected chi connectivity index (χ4v) is 3.37. The van der Waals surface area contributed by atoms with E-state index >= 15 is 0 Å². The number of carbonyl (C=O) groups is 1. The molecular weight excluding hydrogens is 362 g/mol. The van der Waals surface area contributed by atoms with Crippen molar-refractivity contribution < 1.29 is 19.0 Å². The van der Waals surface area contributed by atoms with Crippen LogP contribution in [0.4, 0.5) is 4.79 Å². The molecule has 1 saturated heterocycles. The van der Waals surface area contributed by atoms with Crippen LogP contribution in [0.1, 0.15) is 17.4 Å². The lowest BCUT2D eigenvalue weighted by Crippen LogP contribution is -2.37. The third kappa shape index (κ3) is 6.32. The van der Waals surface area contributed by atoms with Gasteiger partial charge in [-0.3, -0.25) is 4.90 Å². The summed E-state index contributed by atoms with van der Waals surface area (Å²) < 4.78 is 16.2. The summed E-state index contributed by atoms with van der Waals surface area (Å²) >= 11 is 1.59. The van der Waals surface area contributed by atoms with Crippen LogP contribution in [0, 0.1) is 0 Å². The molecule has 0 aliphatic carbocycles. The molecule has 3 rings (SSSR count). The van der Waals surface area contributed by atoms with Gasteiger partial charge in [-0.2, -0.15) is 0 Å². The summed E-state index contributed by atoms with van der Waals surface area (Å²) in [6.07, 6.45) is -0.213. The Morgan fingerprint density at radius 3 is 2.60 bits per heavy atom. The average Bonchev–Trinajstić information content (AvgIpc) is 3.15. The lowest BCUT2D eigenvalue weighted by molar-refractivity contribution is 0.0206. The van der Waals surface area contributed by atoms with Gasteiger partial charge < -0.3 is 14.2 Å². The van der Waals surface area contributed by atoms with Crippen molar-refractivity contribution in [2.75, 3.05) is 32.8 Å². The number of halogens is 1. The molecule has 1 aromatic carbocycles. The molecule has 0 saturated carbocycles. The predicted molar refractivity (Wildman–Crippen MR) is 99.7 cm³/mol. The molecule has 1 atom stereocenters. The molecule has 0 spiro atoms. The Bertz CT molecular complexity index is 617. The summed E-state index contributed by atoms with van der Waals surface area (Å²) in [6, 6.07) is 12.9. The Hall–Kier alpha value is -1.60. The molecule has 0 bridgehead atoms. The Morgan fingerprint density at radius 2 is 1.92 bits per heavy atom. The summed E-state index contributed by atoms with van der Waals surface area (Å²) in [6.45, 7) is 4.24. The van der Waals surface area contributed by atoms with Gasteiger partial charge in [-0.15, -0.1) is 23.7 Å². The number of nitrogens with zero attached hydrogens (tertiary/aromatic N) is 1. The first kappa shape index (κ1) is 19.7. The monoisotopic (exact) mass is 383 g/mol. The largest absolute Gasteiger partial charge is 0.514 e. The van der Waals surface area contributed by atoms with Crippen LogP contribution in [0.25, 0.3) is 0 Å². The molecule has 0 amide bonds. The second-order valence-electron chi connectivity index (χ2n) is 5.53. The maximum absolute atomic E-state index is 12.1. The van der Waals surface area contributed by atoms with Crippen molar-refractivity contribution in [2.45, 2.75) is 12.5 Å². The molecule has 25 heavy (non-hydrogen) atoms. The van der Waals surface area contributed by atoms with Gasteiger partial charge in [-0.1, -0.05) is 24.3 Å². The van der Waals surface area contributed by atoms with Crippen LogP contribution in [0.3, 0.4) is 0 Å². The molecule has 0 N–H and O–H groups in total. The smallest absolute Gasteiger partial charge is 0.425 e. The number of hydrogen-bond acceptors (Lipinski definition) is 6. The maximum atomic E-state index is 12.1. The average molecular weight is 384 g/mol. The minimum absolute atomic E-state index is 0. The molecule has 0 radical (unpaired) electrons. The Labute approximate surface area is 157 Å². The molecular formula is C18H22ClNO4S. The topological polar surface area (TPSA) is 48.0 Å². The van der Waals surface area contributed by atoms with E-state index < -0.39 is 6.16 Å². The summed E-state index contributed by atoms with van der Waals surface area (Å²) in [4.78, 5) is 15.5. The number of ether oxygens (including phenoxy) is 3. The van der Waals surface area contributed by atoms with E-state index in [1.807, 2.05) is 35.7 Å². The van der Waals surface area contributed by atoms with Gasteiger partial charge in [0.2, 0.25) is 0 Å². The molecule has 5 nitrogen and oxygen atoms in total. The van der Waals surface area contributed by atoms with E-state index in [-0.39, 0.29) is 18.5 Å². The summed E-state index contributed by atoms with van der Waals surface area (Å²) in [5.41, 5.74) is 0. The second-order valence-corrected chi connectivity index (χ2v) is 6.51. The van der Waals surface area contributed by atoms with Crippen LogP contribution in [-0.4, -0.2) is 43.9 Å². The molecule has 7 heteroatoms. The molecule has 1 aliphatic rings. The normalized spacial score (nSPS) is 15.8. The van der Waals surface area contributed by atoms with E-state index in [1.165, 1.54) is 0 Å². The van der Waals surface area contributed by atoms with E-state index in [4.69, 9.17) is 14.2 Å². The highest BCUT2D eigenvalue weighted by Crippen LogP contribution is 2.27. The second kappa shape index (κ2) is 10.4. The zero-order chi connectivity index (χ0) is 16.6. The molecule has 1 aliphatic heterocycles. The molecule has 2 heterocycles. The van der Waals surface area contributed by atoms with Crippen molar-refractivity contribution in [3.63, 3.8) is 0 Å². The van der Waals surface area contributed by atoms with Gasteiger partial charge in [-0.05, 0) is 23.6 Å². The molecule has 136 valence electrons. The van der Waals surface area contributed by atoms with E-state index in [1.54, 1.807) is 23.5 Å². The number of rotatable bonds is 6. The van der Waals surface area contributed by atoms with Crippen LogP contribution in [0.5, 0.6) is 5.75 Å². The van der Waals surface area contributed by atoms with Gasteiger partial charge in [0.25, 0.3) is 0 Å². The fraction of sp³-hybridized carbons (Fsp3) is 0.389. The number of para-hydroxylation sites is 1. The standard InChI is InChI=1S/C18H21NO4S.ClH/c20-18(22-15-5-2-1-3-6-15)23-16(17-7-4-14-24-17)8-9-19-10-12-21-13-11-19;/h1-7,14,16H,8-13H2;1H. The molecule has 2 aromatic rings. The van der Waals surface area contributed by atoms with E-state index in [0.29, 0.717) is 5.75 Å². The third-order valence-corrected chi connectivity index (χ3v) is 4.82. The highest BCUT2D eigenvalue weighted by molar-refractivity contribution is 7.10. The van der Waals surface area contributed by atoms with Crippen molar-refractivity contribution in [3.8, 4) is 5.75 Å².